The fourth-order valence-corrected chi connectivity index (χ4v) is 3.09. The van der Waals surface area contributed by atoms with E-state index in [0.717, 1.165) is 29.0 Å². The van der Waals surface area contributed by atoms with Gasteiger partial charge in [-0.15, -0.1) is 0 Å². The van der Waals surface area contributed by atoms with E-state index in [1.165, 1.54) is 12.8 Å². The minimum atomic E-state index is -0.179. The number of halogens is 1. The molecule has 0 bridgehead atoms. The number of benzene rings is 1. The highest BCUT2D eigenvalue weighted by Gasteiger charge is 2.12. The van der Waals surface area contributed by atoms with E-state index in [4.69, 9.17) is 0 Å². The maximum Gasteiger partial charge on any atom is 0.251 e. The second kappa shape index (κ2) is 8.29. The van der Waals surface area contributed by atoms with E-state index in [9.17, 15) is 9.59 Å². The van der Waals surface area contributed by atoms with Crippen LogP contribution < -0.4 is 10.6 Å². The number of nitrogens with one attached hydrogen (secondary N) is 2. The van der Waals surface area contributed by atoms with E-state index in [2.05, 4.69) is 36.1 Å². The Kier molecular flexibility index (Phi) is 5.86. The van der Waals surface area contributed by atoms with Gasteiger partial charge in [-0.3, -0.25) is 9.59 Å². The smallest absolute Gasteiger partial charge is 0.251 e. The predicted octanol–water partition coefficient (Wildman–Crippen LogP) is 2.42. The lowest BCUT2D eigenvalue weighted by Crippen LogP contribution is -2.30. The van der Waals surface area contributed by atoms with Crippen molar-refractivity contribution < 1.29 is 9.59 Å². The number of carbonyl (C=O) groups is 2. The first-order chi connectivity index (χ1) is 12.1. The maximum atomic E-state index is 12.0. The Hall–Kier alpha value is -2.15. The van der Waals surface area contributed by atoms with Gasteiger partial charge in [-0.1, -0.05) is 15.9 Å². The molecule has 0 saturated carbocycles. The number of aryl methyl sites for hydroxylation is 2. The molecular formula is C18H21BrN4O2. The molecule has 0 radical (unpaired) electrons. The number of nitrogens with zero attached hydrogens (tertiary/aromatic N) is 2. The van der Waals surface area contributed by atoms with Gasteiger partial charge in [0.2, 0.25) is 5.91 Å². The minimum absolute atomic E-state index is 0.0953. The van der Waals surface area contributed by atoms with Gasteiger partial charge in [0.25, 0.3) is 5.91 Å². The maximum absolute atomic E-state index is 12.0. The van der Waals surface area contributed by atoms with Crippen LogP contribution in [0.2, 0.25) is 0 Å². The van der Waals surface area contributed by atoms with Crippen molar-refractivity contribution in [2.24, 2.45) is 0 Å². The summed E-state index contributed by atoms with van der Waals surface area (Å²) in [5.74, 6) is 0.835. The molecule has 0 atom stereocenters. The number of imidazole rings is 1. The molecule has 1 aliphatic heterocycles. The van der Waals surface area contributed by atoms with Gasteiger partial charge in [0.1, 0.15) is 5.82 Å². The van der Waals surface area contributed by atoms with Crippen molar-refractivity contribution in [2.45, 2.75) is 38.8 Å². The van der Waals surface area contributed by atoms with Crippen LogP contribution in [0.15, 0.2) is 34.9 Å². The van der Waals surface area contributed by atoms with E-state index >= 15 is 0 Å². The molecule has 0 aliphatic carbocycles. The molecule has 132 valence electrons. The molecule has 2 heterocycles. The van der Waals surface area contributed by atoms with E-state index in [1.807, 2.05) is 18.3 Å². The Balaban J connectivity index is 1.38. The van der Waals surface area contributed by atoms with Crippen LogP contribution in [0.4, 0.5) is 0 Å². The van der Waals surface area contributed by atoms with E-state index in [1.54, 1.807) is 12.1 Å². The zero-order valence-electron chi connectivity index (χ0n) is 13.9. The average molecular weight is 405 g/mol. The minimum Gasteiger partial charge on any atom is -0.352 e. The van der Waals surface area contributed by atoms with Crippen LogP contribution in [0.3, 0.4) is 0 Å². The third-order valence-electron chi connectivity index (χ3n) is 4.17. The van der Waals surface area contributed by atoms with Gasteiger partial charge in [0.05, 0.1) is 12.2 Å². The number of fused-ring (bicyclic) bond motifs is 1. The largest absolute Gasteiger partial charge is 0.352 e. The van der Waals surface area contributed by atoms with Gasteiger partial charge in [0, 0.05) is 42.2 Å². The quantitative estimate of drug-likeness (QED) is 0.775. The third-order valence-corrected chi connectivity index (χ3v) is 4.70. The SMILES string of the molecule is O=C(CCNC(=O)c1ccc(Br)cc1)NCc1cn2c(n1)CCCC2. The standard InChI is InChI=1S/C18H21BrN4O2/c19-14-6-4-13(5-7-14)18(25)20-9-8-17(24)21-11-15-12-23-10-2-1-3-16(23)22-15/h4-7,12H,1-3,8-11H2,(H,20,25)(H,21,24). The zero-order valence-corrected chi connectivity index (χ0v) is 15.5. The molecular weight excluding hydrogens is 384 g/mol. The van der Waals surface area contributed by atoms with Crippen molar-refractivity contribution in [3.63, 3.8) is 0 Å². The van der Waals surface area contributed by atoms with E-state index < -0.39 is 0 Å². The van der Waals surface area contributed by atoms with Crippen molar-refractivity contribution in [3.05, 3.63) is 52.0 Å². The van der Waals surface area contributed by atoms with Crippen LogP contribution in [0, 0.1) is 0 Å². The van der Waals surface area contributed by atoms with Gasteiger partial charge in [-0.25, -0.2) is 4.98 Å². The lowest BCUT2D eigenvalue weighted by molar-refractivity contribution is -0.121. The monoisotopic (exact) mass is 404 g/mol. The number of hydrogen-bond donors (Lipinski definition) is 2. The summed E-state index contributed by atoms with van der Waals surface area (Å²) in [6.45, 7) is 1.75. The molecule has 1 aliphatic rings. The van der Waals surface area contributed by atoms with Gasteiger partial charge >= 0.3 is 0 Å². The molecule has 6 nitrogen and oxygen atoms in total. The molecule has 2 amide bonds. The molecule has 25 heavy (non-hydrogen) atoms. The molecule has 0 unspecified atom stereocenters. The van der Waals surface area contributed by atoms with Crippen LogP contribution in [0.1, 0.15) is 41.1 Å². The lowest BCUT2D eigenvalue weighted by atomic mass is 10.2. The molecule has 7 heteroatoms. The fraction of sp³-hybridized carbons (Fsp3) is 0.389. The number of rotatable bonds is 6. The molecule has 2 N–H and O–H groups in total. The Bertz CT molecular complexity index is 731. The highest BCUT2D eigenvalue weighted by molar-refractivity contribution is 9.10. The summed E-state index contributed by atoms with van der Waals surface area (Å²) in [6.07, 6.45) is 5.64. The normalized spacial score (nSPS) is 13.2. The highest BCUT2D eigenvalue weighted by atomic mass is 79.9. The van der Waals surface area contributed by atoms with Crippen molar-refractivity contribution >= 4 is 27.7 Å². The number of aromatic nitrogens is 2. The second-order valence-electron chi connectivity index (χ2n) is 6.09. The fourth-order valence-electron chi connectivity index (χ4n) is 2.83. The summed E-state index contributed by atoms with van der Waals surface area (Å²) < 4.78 is 3.09. The number of amides is 2. The van der Waals surface area contributed by atoms with Crippen LogP contribution in [0.25, 0.3) is 0 Å². The van der Waals surface area contributed by atoms with Crippen molar-refractivity contribution in [3.8, 4) is 0 Å². The topological polar surface area (TPSA) is 76.0 Å². The average Bonchev–Trinajstić information content (AvgIpc) is 3.03. The Labute approximate surface area is 155 Å². The third kappa shape index (κ3) is 4.92. The molecule has 0 saturated heterocycles. The molecule has 1 aromatic heterocycles. The van der Waals surface area contributed by atoms with Crippen LogP contribution in [0.5, 0.6) is 0 Å². The second-order valence-corrected chi connectivity index (χ2v) is 7.00. The summed E-state index contributed by atoms with van der Waals surface area (Å²) >= 11 is 3.33. The molecule has 3 rings (SSSR count). The summed E-state index contributed by atoms with van der Waals surface area (Å²) in [5.41, 5.74) is 1.47. The van der Waals surface area contributed by atoms with Crippen LogP contribution in [-0.2, 0) is 24.3 Å². The summed E-state index contributed by atoms with van der Waals surface area (Å²) in [7, 11) is 0. The Morgan fingerprint density at radius 3 is 2.72 bits per heavy atom. The van der Waals surface area contributed by atoms with Crippen molar-refractivity contribution in [2.75, 3.05) is 6.54 Å². The first kappa shape index (κ1) is 17.7. The molecule has 1 aromatic carbocycles. The highest BCUT2D eigenvalue weighted by Crippen LogP contribution is 2.14. The number of carbonyl (C=O) groups excluding carboxylic acids is 2. The van der Waals surface area contributed by atoms with E-state index in [0.29, 0.717) is 18.7 Å². The van der Waals surface area contributed by atoms with Gasteiger partial charge < -0.3 is 15.2 Å². The first-order valence-electron chi connectivity index (χ1n) is 8.47. The van der Waals surface area contributed by atoms with Crippen LogP contribution in [-0.4, -0.2) is 27.9 Å². The van der Waals surface area contributed by atoms with Gasteiger partial charge in [0.15, 0.2) is 0 Å². The summed E-state index contributed by atoms with van der Waals surface area (Å²) in [5, 5.41) is 5.61. The lowest BCUT2D eigenvalue weighted by Gasteiger charge is -2.11. The summed E-state index contributed by atoms with van der Waals surface area (Å²) in [6, 6.07) is 7.10. The predicted molar refractivity (Wildman–Crippen MR) is 98.1 cm³/mol. The van der Waals surface area contributed by atoms with Gasteiger partial charge in [-0.05, 0) is 37.1 Å². The Morgan fingerprint density at radius 1 is 1.16 bits per heavy atom. The Morgan fingerprint density at radius 2 is 1.96 bits per heavy atom. The van der Waals surface area contributed by atoms with Crippen molar-refractivity contribution in [1.29, 1.82) is 0 Å². The molecule has 0 spiro atoms. The van der Waals surface area contributed by atoms with Gasteiger partial charge in [-0.2, -0.15) is 0 Å². The first-order valence-corrected chi connectivity index (χ1v) is 9.26. The summed E-state index contributed by atoms with van der Waals surface area (Å²) in [4.78, 5) is 28.4. The molecule has 0 fully saturated rings. The van der Waals surface area contributed by atoms with Crippen molar-refractivity contribution in [1.82, 2.24) is 20.2 Å². The number of hydrogen-bond acceptors (Lipinski definition) is 3. The zero-order chi connectivity index (χ0) is 17.6. The molecule has 2 aromatic rings. The van der Waals surface area contributed by atoms with Crippen LogP contribution >= 0.6 is 15.9 Å². The van der Waals surface area contributed by atoms with E-state index in [-0.39, 0.29) is 18.2 Å².